The molecule has 2 aliphatic heterocycles. The predicted molar refractivity (Wildman–Crippen MR) is 94.1 cm³/mol. The van der Waals surface area contributed by atoms with Gasteiger partial charge in [-0.25, -0.2) is 4.79 Å². The molecule has 2 aliphatic rings. The lowest BCUT2D eigenvalue weighted by molar-refractivity contribution is -0.138. The number of hydrogen-bond acceptors (Lipinski definition) is 3. The number of likely N-dealkylation sites (tertiary alicyclic amines) is 1. The van der Waals surface area contributed by atoms with Crippen molar-refractivity contribution >= 4 is 29.4 Å². The molecule has 0 aromatic heterocycles. The molecule has 3 rings (SSSR count). The number of carbonyl (C=O) groups is 3. The second-order valence-corrected chi connectivity index (χ2v) is 7.13. The van der Waals surface area contributed by atoms with Crippen LogP contribution in [0.3, 0.4) is 0 Å². The number of carbonyl (C=O) groups excluding carboxylic acids is 3. The van der Waals surface area contributed by atoms with Crippen LogP contribution >= 0.6 is 11.6 Å². The fourth-order valence-corrected chi connectivity index (χ4v) is 3.77. The Kier molecular flexibility index (Phi) is 4.99. The van der Waals surface area contributed by atoms with Crippen molar-refractivity contribution in [3.63, 3.8) is 0 Å². The molecule has 0 spiro atoms. The van der Waals surface area contributed by atoms with Crippen molar-refractivity contribution in [2.75, 3.05) is 19.6 Å². The second kappa shape index (κ2) is 7.04. The van der Waals surface area contributed by atoms with Crippen molar-refractivity contribution in [1.82, 2.24) is 15.1 Å². The van der Waals surface area contributed by atoms with E-state index in [4.69, 9.17) is 11.6 Å². The summed E-state index contributed by atoms with van der Waals surface area (Å²) in [6.45, 7) is 2.75. The first-order valence-electron chi connectivity index (χ1n) is 8.60. The van der Waals surface area contributed by atoms with Gasteiger partial charge in [-0.1, -0.05) is 42.6 Å². The molecule has 0 radical (unpaired) electrons. The molecule has 1 unspecified atom stereocenters. The van der Waals surface area contributed by atoms with Crippen LogP contribution in [0, 0.1) is 0 Å². The average Bonchev–Trinajstić information content (AvgIpc) is 2.81. The lowest BCUT2D eigenvalue weighted by Gasteiger charge is -2.25. The van der Waals surface area contributed by atoms with Crippen LogP contribution in [0.1, 0.15) is 38.2 Å². The summed E-state index contributed by atoms with van der Waals surface area (Å²) >= 11 is 6.20. The lowest BCUT2D eigenvalue weighted by Crippen LogP contribution is -2.44. The van der Waals surface area contributed by atoms with E-state index < -0.39 is 17.5 Å². The van der Waals surface area contributed by atoms with Gasteiger partial charge in [0.2, 0.25) is 5.91 Å². The van der Waals surface area contributed by atoms with Gasteiger partial charge in [-0.05, 0) is 25.8 Å². The molecule has 0 bridgehead atoms. The summed E-state index contributed by atoms with van der Waals surface area (Å²) in [7, 11) is 0. The van der Waals surface area contributed by atoms with Gasteiger partial charge < -0.3 is 10.2 Å². The largest absolute Gasteiger partial charge is 0.341 e. The maximum absolute atomic E-state index is 12.9. The van der Waals surface area contributed by atoms with Gasteiger partial charge in [-0.3, -0.25) is 14.5 Å². The zero-order valence-electron chi connectivity index (χ0n) is 14.3. The molecule has 2 saturated heterocycles. The summed E-state index contributed by atoms with van der Waals surface area (Å²) < 4.78 is 0. The number of rotatable bonds is 3. The zero-order valence-corrected chi connectivity index (χ0v) is 15.0. The Labute approximate surface area is 152 Å². The third kappa shape index (κ3) is 3.35. The number of nitrogens with zero attached hydrogens (tertiary/aromatic N) is 2. The molecule has 7 heteroatoms. The smallest absolute Gasteiger partial charge is 0.325 e. The van der Waals surface area contributed by atoms with Gasteiger partial charge in [0.25, 0.3) is 5.91 Å². The van der Waals surface area contributed by atoms with E-state index >= 15 is 0 Å². The molecule has 25 heavy (non-hydrogen) atoms. The molecule has 134 valence electrons. The number of halogens is 1. The molecule has 2 fully saturated rings. The van der Waals surface area contributed by atoms with E-state index in [1.54, 1.807) is 36.1 Å². The van der Waals surface area contributed by atoms with Gasteiger partial charge in [0.15, 0.2) is 0 Å². The van der Waals surface area contributed by atoms with E-state index in [0.29, 0.717) is 23.7 Å². The fraction of sp³-hybridized carbons (Fsp3) is 0.500. The number of nitrogens with one attached hydrogen (secondary N) is 1. The third-order valence-corrected chi connectivity index (χ3v) is 5.27. The van der Waals surface area contributed by atoms with Crippen LogP contribution < -0.4 is 5.32 Å². The second-order valence-electron chi connectivity index (χ2n) is 6.72. The first-order valence-corrected chi connectivity index (χ1v) is 8.98. The molecule has 1 N–H and O–H groups in total. The molecule has 1 aromatic rings. The van der Waals surface area contributed by atoms with Crippen LogP contribution in [0.4, 0.5) is 4.79 Å². The summed E-state index contributed by atoms with van der Waals surface area (Å²) in [4.78, 5) is 40.5. The van der Waals surface area contributed by atoms with Gasteiger partial charge in [-0.15, -0.1) is 0 Å². The standard InChI is InChI=1S/C18H22ClN3O3/c1-18(13-8-4-5-9-14(13)19)16(24)22(17(25)20-18)12-15(23)21-10-6-2-3-7-11-21/h4-5,8-9H,2-3,6-7,10-12H2,1H3,(H,20,25). The highest BCUT2D eigenvalue weighted by Crippen LogP contribution is 2.33. The predicted octanol–water partition coefficient (Wildman–Crippen LogP) is 2.51. The lowest BCUT2D eigenvalue weighted by atomic mass is 9.92. The van der Waals surface area contributed by atoms with Crippen LogP contribution in [-0.2, 0) is 15.1 Å². The van der Waals surface area contributed by atoms with Crippen molar-refractivity contribution in [1.29, 1.82) is 0 Å². The van der Waals surface area contributed by atoms with Crippen molar-refractivity contribution in [3.8, 4) is 0 Å². The van der Waals surface area contributed by atoms with Crippen LogP contribution in [0.15, 0.2) is 24.3 Å². The van der Waals surface area contributed by atoms with Gasteiger partial charge in [0, 0.05) is 23.7 Å². The van der Waals surface area contributed by atoms with E-state index in [1.807, 2.05) is 0 Å². The van der Waals surface area contributed by atoms with Gasteiger partial charge in [0.1, 0.15) is 12.1 Å². The number of benzene rings is 1. The van der Waals surface area contributed by atoms with Crippen LogP contribution in [0.2, 0.25) is 5.02 Å². The minimum atomic E-state index is -1.26. The molecule has 0 aliphatic carbocycles. The highest BCUT2D eigenvalue weighted by Gasteiger charge is 2.50. The molecule has 1 aromatic carbocycles. The molecule has 0 saturated carbocycles. The van der Waals surface area contributed by atoms with Gasteiger partial charge >= 0.3 is 6.03 Å². The molecule has 4 amide bonds. The minimum Gasteiger partial charge on any atom is -0.341 e. The first-order chi connectivity index (χ1) is 11.9. The normalized spacial score (nSPS) is 24.2. The van der Waals surface area contributed by atoms with Gasteiger partial charge in [0.05, 0.1) is 0 Å². The maximum Gasteiger partial charge on any atom is 0.325 e. The molecule has 2 heterocycles. The Morgan fingerprint density at radius 1 is 1.16 bits per heavy atom. The third-order valence-electron chi connectivity index (χ3n) is 4.94. The summed E-state index contributed by atoms with van der Waals surface area (Å²) in [6.07, 6.45) is 4.14. The molecular formula is C18H22ClN3O3. The Balaban J connectivity index is 1.77. The Hall–Kier alpha value is -2.08. The molecule has 1 atom stereocenters. The highest BCUT2D eigenvalue weighted by atomic mass is 35.5. The van der Waals surface area contributed by atoms with Gasteiger partial charge in [-0.2, -0.15) is 0 Å². The van der Waals surface area contributed by atoms with Crippen LogP contribution in [-0.4, -0.2) is 47.3 Å². The van der Waals surface area contributed by atoms with E-state index in [-0.39, 0.29) is 12.5 Å². The number of amides is 4. The molecular weight excluding hydrogens is 342 g/mol. The summed E-state index contributed by atoms with van der Waals surface area (Å²) in [6, 6.07) is 6.34. The quantitative estimate of drug-likeness (QED) is 0.839. The molecule has 6 nitrogen and oxygen atoms in total. The fourth-order valence-electron chi connectivity index (χ4n) is 3.45. The van der Waals surface area contributed by atoms with E-state index in [2.05, 4.69) is 5.32 Å². The van der Waals surface area contributed by atoms with Crippen molar-refractivity contribution in [2.24, 2.45) is 0 Å². The maximum atomic E-state index is 12.9. The average molecular weight is 364 g/mol. The Morgan fingerprint density at radius 3 is 2.44 bits per heavy atom. The summed E-state index contributed by atoms with van der Waals surface area (Å²) in [5.74, 6) is -0.636. The Morgan fingerprint density at radius 2 is 1.80 bits per heavy atom. The minimum absolute atomic E-state index is 0.186. The topological polar surface area (TPSA) is 69.7 Å². The monoisotopic (exact) mass is 363 g/mol. The summed E-state index contributed by atoms with van der Waals surface area (Å²) in [5, 5.41) is 3.09. The van der Waals surface area contributed by atoms with E-state index in [1.165, 1.54) is 0 Å². The van der Waals surface area contributed by atoms with Crippen molar-refractivity contribution in [2.45, 2.75) is 38.1 Å². The Bertz CT molecular complexity index is 701. The number of imide groups is 1. The van der Waals surface area contributed by atoms with E-state index in [9.17, 15) is 14.4 Å². The van der Waals surface area contributed by atoms with Crippen molar-refractivity contribution in [3.05, 3.63) is 34.9 Å². The SMILES string of the molecule is CC1(c2ccccc2Cl)NC(=O)N(CC(=O)N2CCCCCC2)C1=O. The number of hydrogen-bond donors (Lipinski definition) is 1. The number of urea groups is 1. The van der Waals surface area contributed by atoms with Crippen molar-refractivity contribution < 1.29 is 14.4 Å². The van der Waals surface area contributed by atoms with Crippen LogP contribution in [0.25, 0.3) is 0 Å². The summed E-state index contributed by atoms with van der Waals surface area (Å²) in [5.41, 5.74) is -0.728. The first kappa shape index (κ1) is 17.7. The zero-order chi connectivity index (χ0) is 18.0. The highest BCUT2D eigenvalue weighted by molar-refractivity contribution is 6.32. The van der Waals surface area contributed by atoms with Crippen LogP contribution in [0.5, 0.6) is 0 Å². The van der Waals surface area contributed by atoms with E-state index in [0.717, 1.165) is 30.6 Å².